The Morgan fingerprint density at radius 3 is 2.82 bits per heavy atom. The first-order chi connectivity index (χ1) is 8.26. The lowest BCUT2D eigenvalue weighted by Crippen LogP contribution is -2.23. The summed E-state index contributed by atoms with van der Waals surface area (Å²) in [5.41, 5.74) is 0.953. The summed E-state index contributed by atoms with van der Waals surface area (Å²) < 4.78 is 10.5. The maximum Gasteiger partial charge on any atom is 0.137 e. The molecule has 1 aromatic rings. The Balaban J connectivity index is 2.31. The van der Waals surface area contributed by atoms with Gasteiger partial charge in [0.15, 0.2) is 0 Å². The molecule has 1 rings (SSSR count). The van der Waals surface area contributed by atoms with Gasteiger partial charge in [-0.1, -0.05) is 0 Å². The summed E-state index contributed by atoms with van der Waals surface area (Å²) in [6, 6.07) is 3.73. The molecule has 1 unspecified atom stereocenters. The summed E-state index contributed by atoms with van der Waals surface area (Å²) in [6.07, 6.45) is 1.05. The second-order valence-electron chi connectivity index (χ2n) is 3.64. The lowest BCUT2D eigenvalue weighted by Gasteiger charge is -2.12. The van der Waals surface area contributed by atoms with E-state index in [0.29, 0.717) is 19.0 Å². The molecule has 0 fully saturated rings. The normalized spacial score (nSPS) is 12.4. The average Bonchev–Trinajstić information content (AvgIpc) is 2.36. The second-order valence-corrected chi connectivity index (χ2v) is 3.64. The molecule has 1 aromatic heterocycles. The van der Waals surface area contributed by atoms with Gasteiger partial charge in [0, 0.05) is 13.2 Å². The Hall–Kier alpha value is -1.17. The van der Waals surface area contributed by atoms with Crippen LogP contribution in [0.1, 0.15) is 12.6 Å². The average molecular weight is 240 g/mol. The van der Waals surface area contributed by atoms with Gasteiger partial charge in [-0.15, -0.1) is 0 Å². The highest BCUT2D eigenvalue weighted by Gasteiger charge is 2.05. The highest BCUT2D eigenvalue weighted by atomic mass is 16.5. The number of pyridine rings is 1. The highest BCUT2D eigenvalue weighted by molar-refractivity contribution is 5.19. The minimum atomic E-state index is -0.605. The lowest BCUT2D eigenvalue weighted by atomic mass is 10.3. The molecule has 0 bridgehead atoms. The number of aromatic nitrogens is 1. The smallest absolute Gasteiger partial charge is 0.137 e. The third kappa shape index (κ3) is 5.63. The van der Waals surface area contributed by atoms with Crippen LogP contribution in [0.3, 0.4) is 0 Å². The predicted molar refractivity (Wildman–Crippen MR) is 65.0 cm³/mol. The Labute approximate surface area is 102 Å². The van der Waals surface area contributed by atoms with Gasteiger partial charge in [-0.2, -0.15) is 0 Å². The zero-order valence-corrected chi connectivity index (χ0v) is 10.3. The summed E-state index contributed by atoms with van der Waals surface area (Å²) in [7, 11) is 1.87. The maximum absolute atomic E-state index is 9.50. The first-order valence-corrected chi connectivity index (χ1v) is 5.74. The first kappa shape index (κ1) is 13.9. The number of hydrogen-bond donors (Lipinski definition) is 2. The van der Waals surface area contributed by atoms with E-state index in [1.54, 1.807) is 6.20 Å². The SMILES string of the molecule is CCOCC(O)COc1ccc(CNC)nc1. The largest absolute Gasteiger partial charge is 0.489 e. The van der Waals surface area contributed by atoms with Gasteiger partial charge in [0.1, 0.15) is 18.5 Å². The molecule has 1 heterocycles. The lowest BCUT2D eigenvalue weighted by molar-refractivity contribution is 0.0164. The predicted octanol–water partition coefficient (Wildman–Crippen LogP) is 0.577. The van der Waals surface area contributed by atoms with Crippen LogP contribution >= 0.6 is 0 Å². The van der Waals surface area contributed by atoms with Crippen molar-refractivity contribution in [2.45, 2.75) is 19.6 Å². The van der Waals surface area contributed by atoms with E-state index in [2.05, 4.69) is 10.3 Å². The molecule has 0 aromatic carbocycles. The molecule has 0 saturated heterocycles. The van der Waals surface area contributed by atoms with Crippen LogP contribution in [-0.4, -0.2) is 43.1 Å². The van der Waals surface area contributed by atoms with Crippen LogP contribution < -0.4 is 10.1 Å². The van der Waals surface area contributed by atoms with Crippen molar-refractivity contribution in [2.75, 3.05) is 26.9 Å². The van der Waals surface area contributed by atoms with E-state index >= 15 is 0 Å². The number of rotatable bonds is 8. The van der Waals surface area contributed by atoms with Crippen LogP contribution in [0.5, 0.6) is 5.75 Å². The van der Waals surface area contributed by atoms with Gasteiger partial charge >= 0.3 is 0 Å². The number of ether oxygens (including phenoxy) is 2. The van der Waals surface area contributed by atoms with Crippen LogP contribution in [0.2, 0.25) is 0 Å². The van der Waals surface area contributed by atoms with Gasteiger partial charge in [-0.25, -0.2) is 0 Å². The third-order valence-electron chi connectivity index (χ3n) is 2.11. The first-order valence-electron chi connectivity index (χ1n) is 5.74. The van der Waals surface area contributed by atoms with Gasteiger partial charge in [0.05, 0.1) is 18.5 Å². The Bertz CT molecular complexity index is 303. The minimum absolute atomic E-state index is 0.215. The molecular weight excluding hydrogens is 220 g/mol. The molecular formula is C12H20N2O3. The molecule has 96 valence electrons. The molecule has 17 heavy (non-hydrogen) atoms. The number of nitrogens with one attached hydrogen (secondary N) is 1. The van der Waals surface area contributed by atoms with E-state index in [0.717, 1.165) is 12.2 Å². The fourth-order valence-corrected chi connectivity index (χ4v) is 1.28. The van der Waals surface area contributed by atoms with Crippen LogP contribution in [0.4, 0.5) is 0 Å². The Kier molecular flexibility index (Phi) is 6.54. The number of aliphatic hydroxyl groups is 1. The van der Waals surface area contributed by atoms with Crippen molar-refractivity contribution < 1.29 is 14.6 Å². The van der Waals surface area contributed by atoms with E-state index in [9.17, 15) is 5.11 Å². The van der Waals surface area contributed by atoms with Crippen LogP contribution in [-0.2, 0) is 11.3 Å². The molecule has 0 amide bonds. The molecule has 0 aliphatic rings. The monoisotopic (exact) mass is 240 g/mol. The number of aliphatic hydroxyl groups excluding tert-OH is 1. The van der Waals surface area contributed by atoms with Crippen molar-refractivity contribution in [3.63, 3.8) is 0 Å². The van der Waals surface area contributed by atoms with Crippen LogP contribution in [0, 0.1) is 0 Å². The summed E-state index contributed by atoms with van der Waals surface area (Å²) in [6.45, 7) is 3.72. The molecule has 0 radical (unpaired) electrons. The van der Waals surface area contributed by atoms with Gasteiger partial charge in [-0.3, -0.25) is 4.98 Å². The standard InChI is InChI=1S/C12H20N2O3/c1-3-16-8-11(15)9-17-12-5-4-10(6-13-2)14-7-12/h4-5,7,11,13,15H,3,6,8-9H2,1-2H3. The van der Waals surface area contributed by atoms with E-state index in [1.807, 2.05) is 26.1 Å². The molecule has 0 saturated carbocycles. The van der Waals surface area contributed by atoms with Crippen molar-refractivity contribution in [1.29, 1.82) is 0 Å². The van der Waals surface area contributed by atoms with Gasteiger partial charge in [-0.05, 0) is 26.1 Å². The fraction of sp³-hybridized carbons (Fsp3) is 0.583. The minimum Gasteiger partial charge on any atom is -0.489 e. The third-order valence-corrected chi connectivity index (χ3v) is 2.11. The summed E-state index contributed by atoms with van der Waals surface area (Å²) >= 11 is 0. The second kappa shape index (κ2) is 8.00. The fourth-order valence-electron chi connectivity index (χ4n) is 1.28. The van der Waals surface area contributed by atoms with Gasteiger partial charge in [0.2, 0.25) is 0 Å². The van der Waals surface area contributed by atoms with Gasteiger partial charge < -0.3 is 19.9 Å². The van der Waals surface area contributed by atoms with Crippen molar-refractivity contribution in [1.82, 2.24) is 10.3 Å². The van der Waals surface area contributed by atoms with Crippen molar-refractivity contribution in [2.24, 2.45) is 0 Å². The quantitative estimate of drug-likeness (QED) is 0.696. The highest BCUT2D eigenvalue weighted by Crippen LogP contribution is 2.09. The maximum atomic E-state index is 9.50. The molecule has 0 spiro atoms. The van der Waals surface area contributed by atoms with E-state index in [-0.39, 0.29) is 6.61 Å². The Morgan fingerprint density at radius 1 is 1.41 bits per heavy atom. The molecule has 5 heteroatoms. The van der Waals surface area contributed by atoms with Crippen molar-refractivity contribution in [3.05, 3.63) is 24.0 Å². The molecule has 0 aliphatic heterocycles. The molecule has 2 N–H and O–H groups in total. The van der Waals surface area contributed by atoms with E-state index in [1.165, 1.54) is 0 Å². The van der Waals surface area contributed by atoms with Crippen molar-refractivity contribution in [3.8, 4) is 5.75 Å². The summed E-state index contributed by atoms with van der Waals surface area (Å²) in [5.74, 6) is 0.653. The molecule has 1 atom stereocenters. The number of hydrogen-bond acceptors (Lipinski definition) is 5. The zero-order valence-electron chi connectivity index (χ0n) is 10.3. The summed E-state index contributed by atoms with van der Waals surface area (Å²) in [4.78, 5) is 4.21. The van der Waals surface area contributed by atoms with E-state index in [4.69, 9.17) is 9.47 Å². The van der Waals surface area contributed by atoms with E-state index < -0.39 is 6.10 Å². The summed E-state index contributed by atoms with van der Waals surface area (Å²) in [5, 5.41) is 12.5. The number of nitrogens with zero attached hydrogens (tertiary/aromatic N) is 1. The zero-order chi connectivity index (χ0) is 12.5. The van der Waals surface area contributed by atoms with Crippen LogP contribution in [0.15, 0.2) is 18.3 Å². The van der Waals surface area contributed by atoms with Crippen molar-refractivity contribution >= 4 is 0 Å². The Morgan fingerprint density at radius 2 is 2.24 bits per heavy atom. The molecule has 0 aliphatic carbocycles. The van der Waals surface area contributed by atoms with Gasteiger partial charge in [0.25, 0.3) is 0 Å². The van der Waals surface area contributed by atoms with Crippen LogP contribution in [0.25, 0.3) is 0 Å². The molecule has 5 nitrogen and oxygen atoms in total. The topological polar surface area (TPSA) is 63.6 Å².